The Hall–Kier alpha value is -3.26. The largest absolute Gasteiger partial charge is 0.497 e. The number of nitrogens with one attached hydrogen (secondary N) is 1. The SMILES string of the molecule is COc1ccc([C@H](CNC(=O)CCc2nc(-c3ccncc3)no2)N2CCCCC2)cc1. The van der Waals surface area contributed by atoms with Crippen LogP contribution in [0.15, 0.2) is 53.3 Å². The van der Waals surface area contributed by atoms with Gasteiger partial charge in [0, 0.05) is 37.3 Å². The number of hydrogen-bond acceptors (Lipinski definition) is 7. The molecule has 3 heterocycles. The summed E-state index contributed by atoms with van der Waals surface area (Å²) >= 11 is 0. The summed E-state index contributed by atoms with van der Waals surface area (Å²) in [5, 5.41) is 7.10. The maximum Gasteiger partial charge on any atom is 0.227 e. The fourth-order valence-corrected chi connectivity index (χ4v) is 4.01. The number of piperidine rings is 1. The van der Waals surface area contributed by atoms with Gasteiger partial charge in [0.15, 0.2) is 0 Å². The summed E-state index contributed by atoms with van der Waals surface area (Å²) in [6.07, 6.45) is 7.72. The molecular formula is C24H29N5O3. The molecule has 3 aromatic rings. The molecule has 1 aromatic carbocycles. The number of ether oxygens (including phenoxy) is 1. The fraction of sp³-hybridized carbons (Fsp3) is 0.417. The van der Waals surface area contributed by atoms with Gasteiger partial charge in [-0.25, -0.2) is 0 Å². The molecular weight excluding hydrogens is 406 g/mol. The van der Waals surface area contributed by atoms with Crippen molar-refractivity contribution in [2.45, 2.75) is 38.1 Å². The number of aromatic nitrogens is 3. The summed E-state index contributed by atoms with van der Waals surface area (Å²) < 4.78 is 10.6. The third kappa shape index (κ3) is 5.70. The van der Waals surface area contributed by atoms with E-state index in [2.05, 4.69) is 37.5 Å². The summed E-state index contributed by atoms with van der Waals surface area (Å²) in [6.45, 7) is 2.66. The van der Waals surface area contributed by atoms with Crippen LogP contribution in [0.3, 0.4) is 0 Å². The Morgan fingerprint density at radius 2 is 1.88 bits per heavy atom. The van der Waals surface area contributed by atoms with E-state index in [1.54, 1.807) is 19.5 Å². The zero-order chi connectivity index (χ0) is 22.2. The van der Waals surface area contributed by atoms with Gasteiger partial charge >= 0.3 is 0 Å². The highest BCUT2D eigenvalue weighted by Crippen LogP contribution is 2.26. The van der Waals surface area contributed by atoms with Crippen molar-refractivity contribution in [3.63, 3.8) is 0 Å². The Balaban J connectivity index is 1.33. The van der Waals surface area contributed by atoms with Gasteiger partial charge in [-0.05, 0) is 55.8 Å². The van der Waals surface area contributed by atoms with E-state index in [-0.39, 0.29) is 11.9 Å². The Bertz CT molecular complexity index is 984. The molecule has 1 N–H and O–H groups in total. The van der Waals surface area contributed by atoms with Crippen LogP contribution in [-0.2, 0) is 11.2 Å². The zero-order valence-electron chi connectivity index (χ0n) is 18.4. The lowest BCUT2D eigenvalue weighted by Gasteiger charge is -2.35. The van der Waals surface area contributed by atoms with Gasteiger partial charge in [-0.3, -0.25) is 14.7 Å². The van der Waals surface area contributed by atoms with Crippen LogP contribution in [0.1, 0.15) is 43.2 Å². The molecule has 168 valence electrons. The van der Waals surface area contributed by atoms with E-state index in [1.807, 2.05) is 24.3 Å². The van der Waals surface area contributed by atoms with E-state index in [0.29, 0.717) is 31.1 Å². The smallest absolute Gasteiger partial charge is 0.227 e. The second-order valence-electron chi connectivity index (χ2n) is 7.94. The van der Waals surface area contributed by atoms with E-state index < -0.39 is 0 Å². The van der Waals surface area contributed by atoms with Crippen LogP contribution in [-0.4, -0.2) is 52.7 Å². The molecule has 1 aliphatic rings. The highest BCUT2D eigenvalue weighted by atomic mass is 16.5. The van der Waals surface area contributed by atoms with Crippen molar-refractivity contribution in [1.82, 2.24) is 25.3 Å². The molecule has 8 nitrogen and oxygen atoms in total. The van der Waals surface area contributed by atoms with Crippen molar-refractivity contribution >= 4 is 5.91 Å². The molecule has 0 bridgehead atoms. The summed E-state index contributed by atoms with van der Waals surface area (Å²) in [5.41, 5.74) is 2.02. The minimum atomic E-state index is -0.0239. The van der Waals surface area contributed by atoms with Crippen molar-refractivity contribution in [1.29, 1.82) is 0 Å². The normalized spacial score (nSPS) is 15.3. The Kier molecular flexibility index (Phi) is 7.45. The van der Waals surface area contributed by atoms with Crippen LogP contribution in [0.2, 0.25) is 0 Å². The molecule has 1 aliphatic heterocycles. The fourth-order valence-electron chi connectivity index (χ4n) is 4.01. The van der Waals surface area contributed by atoms with Crippen LogP contribution < -0.4 is 10.1 Å². The predicted octanol–water partition coefficient (Wildman–Crippen LogP) is 3.42. The molecule has 1 atom stereocenters. The number of aryl methyl sites for hydroxylation is 1. The number of methoxy groups -OCH3 is 1. The third-order valence-electron chi connectivity index (χ3n) is 5.80. The molecule has 1 saturated heterocycles. The van der Waals surface area contributed by atoms with Crippen LogP contribution in [0, 0.1) is 0 Å². The van der Waals surface area contributed by atoms with Crippen LogP contribution in [0.25, 0.3) is 11.4 Å². The third-order valence-corrected chi connectivity index (χ3v) is 5.80. The zero-order valence-corrected chi connectivity index (χ0v) is 18.4. The van der Waals surface area contributed by atoms with E-state index in [0.717, 1.165) is 24.4 Å². The highest BCUT2D eigenvalue weighted by Gasteiger charge is 2.23. The molecule has 0 spiro atoms. The second-order valence-corrected chi connectivity index (χ2v) is 7.94. The lowest BCUT2D eigenvalue weighted by molar-refractivity contribution is -0.121. The van der Waals surface area contributed by atoms with Crippen LogP contribution in [0.4, 0.5) is 0 Å². The van der Waals surface area contributed by atoms with Crippen LogP contribution >= 0.6 is 0 Å². The number of nitrogens with zero attached hydrogens (tertiary/aromatic N) is 4. The predicted molar refractivity (Wildman–Crippen MR) is 120 cm³/mol. The first-order valence-corrected chi connectivity index (χ1v) is 11.1. The molecule has 32 heavy (non-hydrogen) atoms. The Labute approximate surface area is 188 Å². The summed E-state index contributed by atoms with van der Waals surface area (Å²) in [4.78, 5) is 23.4. The molecule has 0 unspecified atom stereocenters. The first-order valence-electron chi connectivity index (χ1n) is 11.1. The van der Waals surface area contributed by atoms with Gasteiger partial charge in [0.1, 0.15) is 5.75 Å². The number of likely N-dealkylation sites (tertiary alicyclic amines) is 1. The van der Waals surface area contributed by atoms with E-state index in [9.17, 15) is 4.79 Å². The van der Waals surface area contributed by atoms with Gasteiger partial charge in [0.2, 0.25) is 17.6 Å². The summed E-state index contributed by atoms with van der Waals surface area (Å²) in [7, 11) is 1.67. The van der Waals surface area contributed by atoms with E-state index in [4.69, 9.17) is 9.26 Å². The van der Waals surface area contributed by atoms with Crippen molar-refractivity contribution in [2.24, 2.45) is 0 Å². The number of pyridine rings is 1. The van der Waals surface area contributed by atoms with Gasteiger partial charge < -0.3 is 14.6 Å². The standard InChI is InChI=1S/C24H29N5O3/c1-31-20-7-5-18(6-8-20)21(29-15-3-2-4-16-29)17-26-22(30)9-10-23-27-24(28-32-23)19-11-13-25-14-12-19/h5-8,11-14,21H,2-4,9-10,15-17H2,1H3,(H,26,30)/t21-/m0/s1. The molecule has 0 saturated carbocycles. The van der Waals surface area contributed by atoms with Crippen molar-refractivity contribution in [3.8, 4) is 17.1 Å². The molecule has 0 radical (unpaired) electrons. The lowest BCUT2D eigenvalue weighted by atomic mass is 10.0. The molecule has 2 aromatic heterocycles. The highest BCUT2D eigenvalue weighted by molar-refractivity contribution is 5.76. The summed E-state index contributed by atoms with van der Waals surface area (Å²) in [6, 6.07) is 11.9. The number of benzene rings is 1. The average Bonchev–Trinajstić information content (AvgIpc) is 3.34. The number of amides is 1. The molecule has 1 amide bonds. The second kappa shape index (κ2) is 10.9. The molecule has 1 fully saturated rings. The Morgan fingerprint density at radius 1 is 1.12 bits per heavy atom. The van der Waals surface area contributed by atoms with Gasteiger partial charge in [-0.1, -0.05) is 23.7 Å². The number of hydrogen-bond donors (Lipinski definition) is 1. The van der Waals surface area contributed by atoms with Crippen LogP contribution in [0.5, 0.6) is 5.75 Å². The van der Waals surface area contributed by atoms with Gasteiger partial charge in [-0.15, -0.1) is 0 Å². The van der Waals surface area contributed by atoms with E-state index in [1.165, 1.54) is 24.8 Å². The molecule has 8 heteroatoms. The maximum absolute atomic E-state index is 12.6. The van der Waals surface area contributed by atoms with Crippen molar-refractivity contribution in [3.05, 3.63) is 60.2 Å². The number of carbonyl (C=O) groups excluding carboxylic acids is 1. The monoisotopic (exact) mass is 435 g/mol. The van der Waals surface area contributed by atoms with Gasteiger partial charge in [0.25, 0.3) is 0 Å². The quantitative estimate of drug-likeness (QED) is 0.550. The maximum atomic E-state index is 12.6. The van der Waals surface area contributed by atoms with Gasteiger partial charge in [0.05, 0.1) is 13.2 Å². The summed E-state index contributed by atoms with van der Waals surface area (Å²) in [5.74, 6) is 1.77. The minimum Gasteiger partial charge on any atom is -0.497 e. The lowest BCUT2D eigenvalue weighted by Crippen LogP contribution is -2.40. The van der Waals surface area contributed by atoms with Crippen molar-refractivity contribution in [2.75, 3.05) is 26.7 Å². The van der Waals surface area contributed by atoms with Crippen molar-refractivity contribution < 1.29 is 14.1 Å². The first-order chi connectivity index (χ1) is 15.7. The van der Waals surface area contributed by atoms with Gasteiger partial charge in [-0.2, -0.15) is 4.98 Å². The topological polar surface area (TPSA) is 93.4 Å². The number of carbonyl (C=O) groups is 1. The number of rotatable bonds is 9. The minimum absolute atomic E-state index is 0.0239. The molecule has 0 aliphatic carbocycles. The average molecular weight is 436 g/mol. The van der Waals surface area contributed by atoms with E-state index >= 15 is 0 Å². The Morgan fingerprint density at radius 3 is 2.59 bits per heavy atom. The molecule has 4 rings (SSSR count). The first kappa shape index (κ1) is 22.0.